The molecule has 2 fully saturated rings. The molecule has 2 saturated carbocycles. The molecule has 0 amide bonds. The molecular formula is C13H26O2Si. The molecule has 0 aliphatic heterocycles. The third kappa shape index (κ3) is 2.36. The Hall–Kier alpha value is 0.137. The molecule has 2 aliphatic carbocycles. The average Bonchev–Trinajstić information content (AvgIpc) is 2.80. The second-order valence-corrected chi connectivity index (χ2v) is 12.0. The maximum Gasteiger partial charge on any atom is 0.192 e. The summed E-state index contributed by atoms with van der Waals surface area (Å²) in [5.41, 5.74) is 0. The van der Waals surface area contributed by atoms with Gasteiger partial charge < -0.3 is 9.53 Å². The molecule has 3 heteroatoms. The van der Waals surface area contributed by atoms with Gasteiger partial charge in [-0.2, -0.15) is 0 Å². The Morgan fingerprint density at radius 3 is 2.25 bits per heavy atom. The topological polar surface area (TPSA) is 29.5 Å². The number of hydrogen-bond acceptors (Lipinski definition) is 2. The van der Waals surface area contributed by atoms with Gasteiger partial charge in [0.05, 0.1) is 6.10 Å². The van der Waals surface area contributed by atoms with Crippen LogP contribution in [0.2, 0.25) is 18.1 Å². The van der Waals surface area contributed by atoms with Crippen molar-refractivity contribution in [3.05, 3.63) is 0 Å². The van der Waals surface area contributed by atoms with Crippen LogP contribution in [0, 0.1) is 11.8 Å². The van der Waals surface area contributed by atoms with Crippen molar-refractivity contribution in [2.75, 3.05) is 0 Å². The van der Waals surface area contributed by atoms with Gasteiger partial charge in [-0.15, -0.1) is 0 Å². The predicted molar refractivity (Wildman–Crippen MR) is 68.9 cm³/mol. The van der Waals surface area contributed by atoms with Crippen molar-refractivity contribution < 1.29 is 9.53 Å². The monoisotopic (exact) mass is 242 g/mol. The molecule has 2 unspecified atom stereocenters. The fourth-order valence-corrected chi connectivity index (χ4v) is 3.96. The van der Waals surface area contributed by atoms with Crippen molar-refractivity contribution >= 4 is 8.32 Å². The minimum atomic E-state index is -1.64. The first-order chi connectivity index (χ1) is 7.21. The maximum absolute atomic E-state index is 9.92. The molecule has 1 N–H and O–H groups in total. The van der Waals surface area contributed by atoms with Crippen molar-refractivity contribution in [2.24, 2.45) is 11.8 Å². The Labute approximate surface area is 101 Å². The SMILES string of the molecule is CC(C)(C)[Si](C)(C)OC1C[C@H]2CC2[C@H](O)C1. The highest BCUT2D eigenvalue weighted by atomic mass is 28.4. The summed E-state index contributed by atoms with van der Waals surface area (Å²) in [6.45, 7) is 11.4. The number of aliphatic hydroxyl groups excluding tert-OH is 1. The maximum atomic E-state index is 9.92. The van der Waals surface area contributed by atoms with E-state index in [2.05, 4.69) is 33.9 Å². The van der Waals surface area contributed by atoms with Crippen molar-refractivity contribution in [3.8, 4) is 0 Å². The van der Waals surface area contributed by atoms with Gasteiger partial charge in [0, 0.05) is 6.10 Å². The molecular weight excluding hydrogens is 216 g/mol. The highest BCUT2D eigenvalue weighted by Crippen LogP contribution is 2.51. The van der Waals surface area contributed by atoms with Crippen molar-refractivity contribution in [3.63, 3.8) is 0 Å². The van der Waals surface area contributed by atoms with E-state index in [1.54, 1.807) is 0 Å². The van der Waals surface area contributed by atoms with Gasteiger partial charge in [0.1, 0.15) is 0 Å². The van der Waals surface area contributed by atoms with Gasteiger partial charge in [-0.1, -0.05) is 20.8 Å². The molecule has 0 heterocycles. The van der Waals surface area contributed by atoms with Gasteiger partial charge in [0.25, 0.3) is 0 Å². The molecule has 94 valence electrons. The Balaban J connectivity index is 1.94. The molecule has 0 aromatic heterocycles. The summed E-state index contributed by atoms with van der Waals surface area (Å²) in [5.74, 6) is 1.37. The molecule has 16 heavy (non-hydrogen) atoms. The molecule has 2 rings (SSSR count). The van der Waals surface area contributed by atoms with Crippen LogP contribution in [0.15, 0.2) is 0 Å². The number of rotatable bonds is 2. The molecule has 0 bridgehead atoms. The normalized spacial score (nSPS) is 39.4. The van der Waals surface area contributed by atoms with Crippen LogP contribution in [0.3, 0.4) is 0 Å². The number of hydrogen-bond donors (Lipinski definition) is 1. The van der Waals surface area contributed by atoms with Gasteiger partial charge >= 0.3 is 0 Å². The van der Waals surface area contributed by atoms with Gasteiger partial charge in [0.15, 0.2) is 8.32 Å². The summed E-state index contributed by atoms with van der Waals surface area (Å²) < 4.78 is 6.39. The molecule has 0 radical (unpaired) electrons. The third-order valence-electron chi connectivity index (χ3n) is 4.81. The molecule has 0 saturated heterocycles. The molecule has 0 aromatic rings. The quantitative estimate of drug-likeness (QED) is 0.754. The van der Waals surface area contributed by atoms with E-state index in [9.17, 15) is 5.11 Å². The number of fused-ring (bicyclic) bond motifs is 1. The van der Waals surface area contributed by atoms with E-state index in [4.69, 9.17) is 4.43 Å². The zero-order valence-corrected chi connectivity index (χ0v) is 12.3. The summed E-state index contributed by atoms with van der Waals surface area (Å²) >= 11 is 0. The van der Waals surface area contributed by atoms with Crippen LogP contribution in [-0.4, -0.2) is 25.6 Å². The lowest BCUT2D eigenvalue weighted by molar-refractivity contribution is 0.0387. The predicted octanol–water partition coefficient (Wildman–Crippen LogP) is 3.17. The van der Waals surface area contributed by atoms with E-state index in [1.165, 1.54) is 12.8 Å². The zero-order valence-electron chi connectivity index (χ0n) is 11.3. The third-order valence-corrected chi connectivity index (χ3v) is 9.34. The smallest absolute Gasteiger partial charge is 0.192 e. The lowest BCUT2D eigenvalue weighted by atomic mass is 9.95. The van der Waals surface area contributed by atoms with E-state index in [0.717, 1.165) is 12.3 Å². The Bertz CT molecular complexity index is 270. The first kappa shape index (κ1) is 12.6. The van der Waals surface area contributed by atoms with Crippen molar-refractivity contribution in [1.82, 2.24) is 0 Å². The Kier molecular flexibility index (Phi) is 3.01. The molecule has 2 aliphatic rings. The van der Waals surface area contributed by atoms with Crippen LogP contribution >= 0.6 is 0 Å². The van der Waals surface area contributed by atoms with Gasteiger partial charge in [-0.05, 0) is 49.2 Å². The Morgan fingerprint density at radius 2 is 1.75 bits per heavy atom. The van der Waals surface area contributed by atoms with Crippen LogP contribution in [0.4, 0.5) is 0 Å². The average molecular weight is 242 g/mol. The van der Waals surface area contributed by atoms with Gasteiger partial charge in [-0.25, -0.2) is 0 Å². The zero-order chi connectivity index (χ0) is 12.1. The highest BCUT2D eigenvalue weighted by molar-refractivity contribution is 6.74. The summed E-state index contributed by atoms with van der Waals surface area (Å²) in [6, 6.07) is 0. The molecule has 0 aromatic carbocycles. The van der Waals surface area contributed by atoms with E-state index in [0.29, 0.717) is 12.0 Å². The van der Waals surface area contributed by atoms with Crippen LogP contribution in [0.25, 0.3) is 0 Å². The standard InChI is InChI=1S/C13H26O2Si/c1-13(2,3)16(4,5)15-10-6-9-7-11(9)12(14)8-10/h9-12,14H,6-8H2,1-5H3/t9-,10?,11?,12+/m0/s1. The van der Waals surface area contributed by atoms with Gasteiger partial charge in [0.2, 0.25) is 0 Å². The number of aliphatic hydroxyl groups is 1. The minimum Gasteiger partial charge on any atom is -0.414 e. The fourth-order valence-electron chi connectivity index (χ4n) is 2.58. The van der Waals surface area contributed by atoms with E-state index in [1.807, 2.05) is 0 Å². The first-order valence-electron chi connectivity index (χ1n) is 6.56. The second-order valence-electron chi connectivity index (χ2n) is 7.20. The molecule has 0 spiro atoms. The van der Waals surface area contributed by atoms with E-state index >= 15 is 0 Å². The lowest BCUT2D eigenvalue weighted by Gasteiger charge is -2.40. The summed E-state index contributed by atoms with van der Waals surface area (Å²) in [5, 5.41) is 10.2. The molecule has 4 atom stereocenters. The summed E-state index contributed by atoms with van der Waals surface area (Å²) in [6.07, 6.45) is 3.52. The van der Waals surface area contributed by atoms with Crippen LogP contribution in [0.5, 0.6) is 0 Å². The molecule has 2 nitrogen and oxygen atoms in total. The largest absolute Gasteiger partial charge is 0.414 e. The van der Waals surface area contributed by atoms with Crippen molar-refractivity contribution in [1.29, 1.82) is 0 Å². The first-order valence-corrected chi connectivity index (χ1v) is 9.47. The lowest BCUT2D eigenvalue weighted by Crippen LogP contribution is -2.45. The second kappa shape index (κ2) is 3.82. The van der Waals surface area contributed by atoms with Gasteiger partial charge in [-0.3, -0.25) is 0 Å². The van der Waals surface area contributed by atoms with E-state index in [-0.39, 0.29) is 11.1 Å². The van der Waals surface area contributed by atoms with Crippen LogP contribution < -0.4 is 0 Å². The fraction of sp³-hybridized carbons (Fsp3) is 1.00. The minimum absolute atomic E-state index is 0.0893. The highest BCUT2D eigenvalue weighted by Gasteiger charge is 2.50. The summed E-state index contributed by atoms with van der Waals surface area (Å²) in [7, 11) is -1.64. The Morgan fingerprint density at radius 1 is 1.12 bits per heavy atom. The van der Waals surface area contributed by atoms with E-state index < -0.39 is 8.32 Å². The van der Waals surface area contributed by atoms with Crippen LogP contribution in [-0.2, 0) is 4.43 Å². The summed E-state index contributed by atoms with van der Waals surface area (Å²) in [4.78, 5) is 0. The van der Waals surface area contributed by atoms with Crippen LogP contribution in [0.1, 0.15) is 40.0 Å². The van der Waals surface area contributed by atoms with Crippen molar-refractivity contribution in [2.45, 2.75) is 70.4 Å².